The number of hydrogen-bond acceptors (Lipinski definition) is 8. The molecule has 1 aliphatic heterocycles. The number of carbonyl (C=O) groups is 1. The van der Waals surface area contributed by atoms with Gasteiger partial charge in [-0.05, 0) is 41.0 Å². The molecule has 1 heterocycles. The zero-order valence-electron chi connectivity index (χ0n) is 17.9. The van der Waals surface area contributed by atoms with Crippen molar-refractivity contribution in [2.24, 2.45) is 11.8 Å². The second-order valence-electron chi connectivity index (χ2n) is 7.55. The lowest BCUT2D eigenvalue weighted by molar-refractivity contribution is -0.117. The Morgan fingerprint density at radius 3 is 2.10 bits per heavy atom. The molecular weight excluding hydrogens is 404 g/mol. The number of fused-ring (bicyclic) bond motifs is 2. The highest BCUT2D eigenvalue weighted by Crippen LogP contribution is 2.53. The van der Waals surface area contributed by atoms with Crippen molar-refractivity contribution >= 4 is 6.29 Å². The molecule has 0 bridgehead atoms. The summed E-state index contributed by atoms with van der Waals surface area (Å²) in [5, 5.41) is 11.1. The molecule has 2 aromatic rings. The van der Waals surface area contributed by atoms with Crippen LogP contribution in [0.5, 0.6) is 28.7 Å². The smallest absolute Gasteiger partial charge is 0.231 e. The van der Waals surface area contributed by atoms with Crippen LogP contribution in [-0.4, -0.2) is 53.2 Å². The van der Waals surface area contributed by atoms with Crippen LogP contribution < -0.4 is 23.7 Å². The third-order valence-corrected chi connectivity index (χ3v) is 6.08. The number of methoxy groups -OCH3 is 4. The molecular formula is C23H26O8. The summed E-state index contributed by atoms with van der Waals surface area (Å²) in [7, 11) is 6.18. The van der Waals surface area contributed by atoms with Gasteiger partial charge in [0.1, 0.15) is 6.29 Å². The number of benzene rings is 2. The summed E-state index contributed by atoms with van der Waals surface area (Å²) in [6, 6.07) is 7.29. The van der Waals surface area contributed by atoms with Crippen molar-refractivity contribution in [3.63, 3.8) is 0 Å². The Bertz CT molecular complexity index is 947. The lowest BCUT2D eigenvalue weighted by atomic mass is 9.65. The van der Waals surface area contributed by atoms with Gasteiger partial charge in [-0.1, -0.05) is 0 Å². The molecule has 4 atom stereocenters. The van der Waals surface area contributed by atoms with Gasteiger partial charge < -0.3 is 38.3 Å². The first-order valence-electron chi connectivity index (χ1n) is 9.93. The van der Waals surface area contributed by atoms with E-state index in [1.165, 1.54) is 7.11 Å². The highest BCUT2D eigenvalue weighted by Gasteiger charge is 2.44. The highest BCUT2D eigenvalue weighted by atomic mass is 16.7. The molecule has 2 aliphatic rings. The van der Waals surface area contributed by atoms with Gasteiger partial charge in [0.25, 0.3) is 0 Å². The quantitative estimate of drug-likeness (QED) is 0.671. The number of rotatable bonds is 7. The van der Waals surface area contributed by atoms with Crippen LogP contribution in [0.1, 0.15) is 28.7 Å². The van der Waals surface area contributed by atoms with E-state index in [-0.39, 0.29) is 19.3 Å². The molecule has 0 fully saturated rings. The summed E-state index contributed by atoms with van der Waals surface area (Å²) in [5.41, 5.74) is 2.26. The van der Waals surface area contributed by atoms with Gasteiger partial charge in [-0.3, -0.25) is 0 Å². The minimum absolute atomic E-state index is 0.113. The van der Waals surface area contributed by atoms with Gasteiger partial charge in [0, 0.05) is 24.9 Å². The minimum Gasteiger partial charge on any atom is -0.493 e. The zero-order chi connectivity index (χ0) is 22.1. The summed E-state index contributed by atoms with van der Waals surface area (Å²) >= 11 is 0. The van der Waals surface area contributed by atoms with Gasteiger partial charge in [-0.15, -0.1) is 0 Å². The predicted molar refractivity (Wildman–Crippen MR) is 110 cm³/mol. The molecule has 0 radical (unpaired) electrons. The van der Waals surface area contributed by atoms with Crippen molar-refractivity contribution in [2.75, 3.05) is 41.8 Å². The van der Waals surface area contributed by atoms with Gasteiger partial charge >= 0.3 is 0 Å². The molecule has 4 rings (SSSR count). The molecule has 2 aromatic carbocycles. The second-order valence-corrected chi connectivity index (χ2v) is 7.55. The van der Waals surface area contributed by atoms with Gasteiger partial charge in [-0.2, -0.15) is 0 Å². The lowest BCUT2D eigenvalue weighted by Crippen LogP contribution is -2.37. The van der Waals surface area contributed by atoms with E-state index in [1.807, 2.05) is 18.2 Å². The summed E-state index contributed by atoms with van der Waals surface area (Å²) in [5.74, 6) is 1.20. The SMILES string of the molecule is COCC1C(O)c2cc3c(cc2C(c2cc(OC)c(OC)c(OC)c2)C1C=O)OCO3. The van der Waals surface area contributed by atoms with E-state index in [0.29, 0.717) is 34.3 Å². The molecule has 4 unspecified atom stereocenters. The monoisotopic (exact) mass is 430 g/mol. The molecule has 31 heavy (non-hydrogen) atoms. The molecule has 0 aromatic heterocycles. The zero-order valence-corrected chi connectivity index (χ0v) is 17.9. The van der Waals surface area contributed by atoms with E-state index < -0.39 is 17.9 Å². The third kappa shape index (κ3) is 3.45. The standard InChI is InChI=1S/C23H26O8/c1-26-10-16-15(9-24)21(12-5-19(27-2)23(29-4)20(6-12)28-3)13-7-17-18(31-11-30-17)8-14(13)22(16)25/h5-9,15-16,21-22,25H,10-11H2,1-4H3. The van der Waals surface area contributed by atoms with Crippen LogP contribution >= 0.6 is 0 Å². The van der Waals surface area contributed by atoms with Gasteiger partial charge in [0.2, 0.25) is 12.5 Å². The molecule has 0 amide bonds. The first-order valence-corrected chi connectivity index (χ1v) is 9.93. The molecule has 8 heteroatoms. The third-order valence-electron chi connectivity index (χ3n) is 6.08. The number of ether oxygens (including phenoxy) is 6. The Hall–Kier alpha value is -2.97. The van der Waals surface area contributed by atoms with Crippen LogP contribution in [0, 0.1) is 11.8 Å². The van der Waals surface area contributed by atoms with Gasteiger partial charge in [0.05, 0.1) is 34.0 Å². The van der Waals surface area contributed by atoms with Crippen molar-refractivity contribution in [1.82, 2.24) is 0 Å². The van der Waals surface area contributed by atoms with E-state index >= 15 is 0 Å². The average Bonchev–Trinajstić information content (AvgIpc) is 3.26. The average molecular weight is 430 g/mol. The van der Waals surface area contributed by atoms with Gasteiger partial charge in [-0.25, -0.2) is 0 Å². The van der Waals surface area contributed by atoms with Crippen LogP contribution in [0.4, 0.5) is 0 Å². The van der Waals surface area contributed by atoms with E-state index in [4.69, 9.17) is 28.4 Å². The second kappa shape index (κ2) is 8.64. The fraction of sp³-hybridized carbons (Fsp3) is 0.435. The van der Waals surface area contributed by atoms with Crippen LogP contribution in [0.25, 0.3) is 0 Å². The summed E-state index contributed by atoms with van der Waals surface area (Å²) in [6.07, 6.45) is -0.00758. The fourth-order valence-electron chi connectivity index (χ4n) is 4.65. The maximum absolute atomic E-state index is 12.3. The Labute approximate surface area is 180 Å². The van der Waals surface area contributed by atoms with Crippen LogP contribution in [0.2, 0.25) is 0 Å². The molecule has 166 valence electrons. The molecule has 8 nitrogen and oxygen atoms in total. The number of aliphatic hydroxyl groups excluding tert-OH is 1. The maximum atomic E-state index is 12.3. The van der Waals surface area contributed by atoms with Crippen LogP contribution in [0.3, 0.4) is 0 Å². The maximum Gasteiger partial charge on any atom is 0.231 e. The minimum atomic E-state index is -0.891. The van der Waals surface area contributed by atoms with Crippen molar-refractivity contribution in [3.8, 4) is 28.7 Å². The number of carbonyl (C=O) groups excluding carboxylic acids is 1. The van der Waals surface area contributed by atoms with E-state index in [2.05, 4.69) is 0 Å². The Balaban J connectivity index is 1.95. The number of hydrogen-bond donors (Lipinski definition) is 1. The Morgan fingerprint density at radius 2 is 1.58 bits per heavy atom. The molecule has 1 N–H and O–H groups in total. The summed E-state index contributed by atoms with van der Waals surface area (Å²) in [4.78, 5) is 12.3. The largest absolute Gasteiger partial charge is 0.493 e. The molecule has 0 saturated heterocycles. The topological polar surface area (TPSA) is 92.7 Å². The summed E-state index contributed by atoms with van der Waals surface area (Å²) in [6.45, 7) is 0.334. The van der Waals surface area contributed by atoms with Gasteiger partial charge in [0.15, 0.2) is 23.0 Å². The summed E-state index contributed by atoms with van der Waals surface area (Å²) < 4.78 is 32.9. The molecule has 0 saturated carbocycles. The van der Waals surface area contributed by atoms with Crippen LogP contribution in [0.15, 0.2) is 24.3 Å². The lowest BCUT2D eigenvalue weighted by Gasteiger charge is -2.40. The number of aliphatic hydroxyl groups is 1. The van der Waals surface area contributed by atoms with Crippen LogP contribution in [-0.2, 0) is 9.53 Å². The first-order chi connectivity index (χ1) is 15.1. The first kappa shape index (κ1) is 21.3. The molecule has 0 spiro atoms. The van der Waals surface area contributed by atoms with E-state index in [0.717, 1.165) is 17.4 Å². The predicted octanol–water partition coefficient (Wildman–Crippen LogP) is 2.70. The molecule has 1 aliphatic carbocycles. The van der Waals surface area contributed by atoms with Crippen molar-refractivity contribution in [2.45, 2.75) is 12.0 Å². The number of aldehydes is 1. The fourth-order valence-corrected chi connectivity index (χ4v) is 4.65. The van der Waals surface area contributed by atoms with Crippen molar-refractivity contribution in [3.05, 3.63) is 41.0 Å². The van der Waals surface area contributed by atoms with Crippen molar-refractivity contribution in [1.29, 1.82) is 0 Å². The highest BCUT2D eigenvalue weighted by molar-refractivity contribution is 5.65. The van der Waals surface area contributed by atoms with E-state index in [9.17, 15) is 9.90 Å². The van der Waals surface area contributed by atoms with Crippen molar-refractivity contribution < 1.29 is 38.3 Å². The van der Waals surface area contributed by atoms with E-state index in [1.54, 1.807) is 27.4 Å². The normalized spacial score (nSPS) is 23.8. The Morgan fingerprint density at radius 1 is 0.968 bits per heavy atom. The Kier molecular flexibility index (Phi) is 5.93.